The fourth-order valence-electron chi connectivity index (χ4n) is 1.67. The van der Waals surface area contributed by atoms with Crippen LogP contribution in [0.5, 0.6) is 0 Å². The summed E-state index contributed by atoms with van der Waals surface area (Å²) in [5.41, 5.74) is 0.449. The van der Waals surface area contributed by atoms with Crippen molar-refractivity contribution in [2.24, 2.45) is 0 Å². The summed E-state index contributed by atoms with van der Waals surface area (Å²) in [6, 6.07) is 3.78. The van der Waals surface area contributed by atoms with Crippen LogP contribution in [-0.4, -0.2) is 13.1 Å². The Balaban J connectivity index is 2.40. The summed E-state index contributed by atoms with van der Waals surface area (Å²) >= 11 is 0. The van der Waals surface area contributed by atoms with E-state index in [1.165, 1.54) is 12.1 Å². The van der Waals surface area contributed by atoms with Gasteiger partial charge >= 0.3 is 0 Å². The molecule has 1 heterocycles. The highest BCUT2D eigenvalue weighted by Gasteiger charge is 2.35. The van der Waals surface area contributed by atoms with Crippen LogP contribution in [0.2, 0.25) is 0 Å². The molecule has 0 unspecified atom stereocenters. The molecule has 0 radical (unpaired) electrons. The number of hydrogen-bond acceptors (Lipinski definition) is 1. The Morgan fingerprint density at radius 3 is 2.46 bits per heavy atom. The summed E-state index contributed by atoms with van der Waals surface area (Å²) in [5.74, 6) is -0.957. The van der Waals surface area contributed by atoms with Gasteiger partial charge in [-0.05, 0) is 11.6 Å². The van der Waals surface area contributed by atoms with E-state index < -0.39 is 11.6 Å². The Hall–Kier alpha value is -0.960. The van der Waals surface area contributed by atoms with Crippen LogP contribution >= 0.6 is 0 Å². The third kappa shape index (κ3) is 1.33. The zero-order valence-electron chi connectivity index (χ0n) is 7.40. The molecule has 13 heavy (non-hydrogen) atoms. The van der Waals surface area contributed by atoms with Gasteiger partial charge in [0.1, 0.15) is 11.6 Å². The molecule has 0 amide bonds. The van der Waals surface area contributed by atoms with Crippen LogP contribution in [0.1, 0.15) is 12.5 Å². The van der Waals surface area contributed by atoms with Gasteiger partial charge in [-0.1, -0.05) is 13.0 Å². The minimum atomic E-state index is -0.517. The van der Waals surface area contributed by atoms with Crippen LogP contribution in [0.4, 0.5) is 8.78 Å². The monoisotopic (exact) mass is 183 g/mol. The first-order chi connectivity index (χ1) is 6.12. The molecule has 1 N–H and O–H groups in total. The van der Waals surface area contributed by atoms with E-state index in [2.05, 4.69) is 5.32 Å². The second kappa shape index (κ2) is 2.77. The molecule has 0 bridgehead atoms. The highest BCUT2D eigenvalue weighted by atomic mass is 19.1. The van der Waals surface area contributed by atoms with Crippen molar-refractivity contribution in [1.82, 2.24) is 5.32 Å². The average Bonchev–Trinajstić information content (AvgIpc) is 2.00. The molecular formula is C10H11F2N. The normalized spacial score (nSPS) is 19.6. The highest BCUT2D eigenvalue weighted by Crippen LogP contribution is 2.29. The van der Waals surface area contributed by atoms with Crippen molar-refractivity contribution in [1.29, 1.82) is 0 Å². The van der Waals surface area contributed by atoms with Crippen molar-refractivity contribution >= 4 is 0 Å². The van der Waals surface area contributed by atoms with Gasteiger partial charge in [0, 0.05) is 24.6 Å². The molecular weight excluding hydrogens is 172 g/mol. The number of benzene rings is 1. The van der Waals surface area contributed by atoms with Crippen molar-refractivity contribution in [3.8, 4) is 0 Å². The van der Waals surface area contributed by atoms with Crippen LogP contribution in [0.15, 0.2) is 18.2 Å². The van der Waals surface area contributed by atoms with Crippen LogP contribution in [0.3, 0.4) is 0 Å². The van der Waals surface area contributed by atoms with Gasteiger partial charge < -0.3 is 5.32 Å². The zero-order valence-corrected chi connectivity index (χ0v) is 7.40. The second-order valence-corrected chi connectivity index (χ2v) is 3.79. The topological polar surface area (TPSA) is 12.0 Å². The van der Waals surface area contributed by atoms with Crippen LogP contribution in [-0.2, 0) is 5.41 Å². The largest absolute Gasteiger partial charge is 0.315 e. The van der Waals surface area contributed by atoms with Gasteiger partial charge in [-0.15, -0.1) is 0 Å². The molecule has 1 aromatic carbocycles. The second-order valence-electron chi connectivity index (χ2n) is 3.79. The first-order valence-corrected chi connectivity index (χ1v) is 4.28. The van der Waals surface area contributed by atoms with E-state index in [0.29, 0.717) is 5.56 Å². The van der Waals surface area contributed by atoms with Gasteiger partial charge in [0.05, 0.1) is 0 Å². The minimum Gasteiger partial charge on any atom is -0.315 e. The molecule has 0 aliphatic carbocycles. The average molecular weight is 183 g/mol. The predicted molar refractivity (Wildman–Crippen MR) is 46.6 cm³/mol. The Bertz CT molecular complexity index is 332. The summed E-state index contributed by atoms with van der Waals surface area (Å²) in [7, 11) is 0. The molecule has 1 saturated heterocycles. The number of halogens is 2. The zero-order chi connectivity index (χ0) is 9.47. The fraction of sp³-hybridized carbons (Fsp3) is 0.400. The van der Waals surface area contributed by atoms with Gasteiger partial charge in [0.25, 0.3) is 0 Å². The lowest BCUT2D eigenvalue weighted by Crippen LogP contribution is -2.55. The van der Waals surface area contributed by atoms with Crippen molar-refractivity contribution in [2.45, 2.75) is 12.3 Å². The van der Waals surface area contributed by atoms with E-state index >= 15 is 0 Å². The Morgan fingerprint density at radius 2 is 2.00 bits per heavy atom. The summed E-state index contributed by atoms with van der Waals surface area (Å²) in [6.07, 6.45) is 0. The van der Waals surface area contributed by atoms with Crippen molar-refractivity contribution in [2.75, 3.05) is 13.1 Å². The van der Waals surface area contributed by atoms with Crippen molar-refractivity contribution < 1.29 is 8.78 Å². The van der Waals surface area contributed by atoms with E-state index in [-0.39, 0.29) is 5.41 Å². The third-order valence-electron chi connectivity index (χ3n) is 2.61. The summed E-state index contributed by atoms with van der Waals surface area (Å²) < 4.78 is 25.9. The SMILES string of the molecule is CC1(c2ccc(F)cc2F)CNC1. The maximum absolute atomic E-state index is 13.3. The van der Waals surface area contributed by atoms with Crippen molar-refractivity contribution in [3.05, 3.63) is 35.4 Å². The van der Waals surface area contributed by atoms with Gasteiger partial charge in [-0.2, -0.15) is 0 Å². The van der Waals surface area contributed by atoms with E-state index in [0.717, 1.165) is 19.2 Å². The van der Waals surface area contributed by atoms with Gasteiger partial charge in [-0.3, -0.25) is 0 Å². The molecule has 1 nitrogen and oxygen atoms in total. The molecule has 2 rings (SSSR count). The van der Waals surface area contributed by atoms with E-state index in [9.17, 15) is 8.78 Å². The number of hydrogen-bond donors (Lipinski definition) is 1. The first-order valence-electron chi connectivity index (χ1n) is 4.28. The molecule has 70 valence electrons. The standard InChI is InChI=1S/C10H11F2N/c1-10(5-13-6-10)8-3-2-7(11)4-9(8)12/h2-4,13H,5-6H2,1H3. The Morgan fingerprint density at radius 1 is 1.31 bits per heavy atom. The Kier molecular flexibility index (Phi) is 1.84. The lowest BCUT2D eigenvalue weighted by atomic mass is 9.77. The van der Waals surface area contributed by atoms with Crippen molar-refractivity contribution in [3.63, 3.8) is 0 Å². The third-order valence-corrected chi connectivity index (χ3v) is 2.61. The smallest absolute Gasteiger partial charge is 0.129 e. The van der Waals surface area contributed by atoms with Gasteiger partial charge in [0.2, 0.25) is 0 Å². The molecule has 0 saturated carbocycles. The minimum absolute atomic E-state index is 0.155. The van der Waals surface area contributed by atoms with E-state index in [1.54, 1.807) is 0 Å². The number of rotatable bonds is 1. The first kappa shape index (κ1) is 8.63. The van der Waals surface area contributed by atoms with Crippen LogP contribution in [0, 0.1) is 11.6 Å². The molecule has 1 aliphatic heterocycles. The molecule has 0 aromatic heterocycles. The lowest BCUT2D eigenvalue weighted by Gasteiger charge is -2.40. The summed E-state index contributed by atoms with van der Waals surface area (Å²) in [6.45, 7) is 3.49. The lowest BCUT2D eigenvalue weighted by molar-refractivity contribution is 0.295. The molecule has 1 fully saturated rings. The van der Waals surface area contributed by atoms with Crippen LogP contribution in [0.25, 0.3) is 0 Å². The van der Waals surface area contributed by atoms with Gasteiger partial charge in [0.15, 0.2) is 0 Å². The predicted octanol–water partition coefficient (Wildman–Crippen LogP) is 1.83. The fourth-order valence-corrected chi connectivity index (χ4v) is 1.67. The van der Waals surface area contributed by atoms with E-state index in [4.69, 9.17) is 0 Å². The molecule has 1 aliphatic rings. The molecule has 0 atom stereocenters. The van der Waals surface area contributed by atoms with Crippen LogP contribution < -0.4 is 5.32 Å². The summed E-state index contributed by atoms with van der Waals surface area (Å²) in [5, 5.41) is 3.08. The Labute approximate surface area is 75.8 Å². The number of nitrogens with one attached hydrogen (secondary N) is 1. The maximum Gasteiger partial charge on any atom is 0.129 e. The van der Waals surface area contributed by atoms with E-state index in [1.807, 2.05) is 6.92 Å². The van der Waals surface area contributed by atoms with Gasteiger partial charge in [-0.25, -0.2) is 8.78 Å². The summed E-state index contributed by atoms with van der Waals surface area (Å²) in [4.78, 5) is 0. The highest BCUT2D eigenvalue weighted by molar-refractivity contribution is 5.30. The molecule has 1 aromatic rings. The maximum atomic E-state index is 13.3. The quantitative estimate of drug-likeness (QED) is 0.700. The molecule has 3 heteroatoms. The molecule has 0 spiro atoms.